The zero-order valence-electron chi connectivity index (χ0n) is 12.4. The molecule has 1 aliphatic carbocycles. The van der Waals surface area contributed by atoms with Crippen molar-refractivity contribution < 1.29 is 5.11 Å². The van der Waals surface area contributed by atoms with E-state index in [1.165, 1.54) is 32.1 Å². The fourth-order valence-corrected chi connectivity index (χ4v) is 3.37. The summed E-state index contributed by atoms with van der Waals surface area (Å²) in [5.41, 5.74) is 7.26. The molecule has 0 amide bonds. The van der Waals surface area contributed by atoms with Gasteiger partial charge in [0.2, 0.25) is 0 Å². The molecule has 0 bridgehead atoms. The van der Waals surface area contributed by atoms with Crippen molar-refractivity contribution in [3.05, 3.63) is 30.1 Å². The number of hydrogen-bond acceptors (Lipinski definition) is 4. The Morgan fingerprint density at radius 1 is 1.35 bits per heavy atom. The normalized spacial score (nSPS) is 20.0. The van der Waals surface area contributed by atoms with Gasteiger partial charge < -0.3 is 10.8 Å². The fraction of sp³-hybridized carbons (Fsp3) is 0.688. The summed E-state index contributed by atoms with van der Waals surface area (Å²) in [6.45, 7) is 2.88. The van der Waals surface area contributed by atoms with Crippen molar-refractivity contribution in [3.63, 3.8) is 0 Å². The lowest BCUT2D eigenvalue weighted by atomic mass is 9.91. The predicted molar refractivity (Wildman–Crippen MR) is 81.3 cm³/mol. The summed E-state index contributed by atoms with van der Waals surface area (Å²) >= 11 is 0. The highest BCUT2D eigenvalue weighted by atomic mass is 16.3. The summed E-state index contributed by atoms with van der Waals surface area (Å²) in [4.78, 5) is 6.88. The maximum Gasteiger partial charge on any atom is 0.0674 e. The van der Waals surface area contributed by atoms with Crippen molar-refractivity contribution in [2.24, 2.45) is 5.73 Å². The van der Waals surface area contributed by atoms with Crippen LogP contribution in [0.1, 0.15) is 50.8 Å². The van der Waals surface area contributed by atoms with Gasteiger partial charge in [0.15, 0.2) is 0 Å². The molecule has 0 spiro atoms. The lowest BCUT2D eigenvalue weighted by molar-refractivity contribution is 0.0680. The topological polar surface area (TPSA) is 62.4 Å². The van der Waals surface area contributed by atoms with Crippen molar-refractivity contribution in [2.75, 3.05) is 13.2 Å². The molecule has 4 heteroatoms. The lowest BCUT2D eigenvalue weighted by Gasteiger charge is -2.41. The quantitative estimate of drug-likeness (QED) is 0.836. The number of aromatic nitrogens is 1. The van der Waals surface area contributed by atoms with Crippen LogP contribution >= 0.6 is 0 Å². The van der Waals surface area contributed by atoms with E-state index in [9.17, 15) is 5.11 Å². The Morgan fingerprint density at radius 2 is 2.10 bits per heavy atom. The molecule has 0 aromatic carbocycles. The Kier molecular flexibility index (Phi) is 5.95. The molecule has 1 aromatic rings. The minimum absolute atomic E-state index is 0.00150. The summed E-state index contributed by atoms with van der Waals surface area (Å²) in [5.74, 6) is 0. The van der Waals surface area contributed by atoms with Gasteiger partial charge in [-0.15, -0.1) is 0 Å². The van der Waals surface area contributed by atoms with E-state index in [0.29, 0.717) is 12.6 Å². The molecule has 2 rings (SSSR count). The molecule has 1 fully saturated rings. The third-order valence-corrected chi connectivity index (χ3v) is 4.25. The first kappa shape index (κ1) is 15.4. The highest BCUT2D eigenvalue weighted by Gasteiger charge is 2.31. The molecule has 0 saturated heterocycles. The van der Waals surface area contributed by atoms with Crippen LogP contribution in [-0.2, 0) is 0 Å². The second kappa shape index (κ2) is 7.72. The number of pyridine rings is 1. The molecule has 2 unspecified atom stereocenters. The standard InChI is InChI=1S/C16H27N3O/c1-13(17)16(15-9-5-6-10-18-15)19(11-12-20)14-7-3-2-4-8-14/h5-6,9-10,13-14,16,20H,2-4,7-8,11-12,17H2,1H3. The molecular formula is C16H27N3O. The number of nitrogens with two attached hydrogens (primary N) is 1. The maximum atomic E-state index is 9.44. The van der Waals surface area contributed by atoms with Crippen molar-refractivity contribution in [3.8, 4) is 0 Å². The van der Waals surface area contributed by atoms with Gasteiger partial charge in [-0.2, -0.15) is 0 Å². The second-order valence-corrected chi connectivity index (χ2v) is 5.81. The van der Waals surface area contributed by atoms with Crippen LogP contribution in [0.5, 0.6) is 0 Å². The van der Waals surface area contributed by atoms with Gasteiger partial charge in [0.1, 0.15) is 0 Å². The molecule has 1 aromatic heterocycles. The molecule has 1 saturated carbocycles. The number of hydrogen-bond donors (Lipinski definition) is 2. The minimum Gasteiger partial charge on any atom is -0.395 e. The van der Waals surface area contributed by atoms with E-state index in [4.69, 9.17) is 5.73 Å². The van der Waals surface area contributed by atoms with Gasteiger partial charge >= 0.3 is 0 Å². The van der Waals surface area contributed by atoms with E-state index < -0.39 is 0 Å². The van der Waals surface area contributed by atoms with Crippen LogP contribution in [0.25, 0.3) is 0 Å². The highest BCUT2D eigenvalue weighted by molar-refractivity contribution is 5.11. The maximum absolute atomic E-state index is 9.44. The zero-order valence-corrected chi connectivity index (χ0v) is 12.4. The molecule has 112 valence electrons. The van der Waals surface area contributed by atoms with E-state index in [1.807, 2.05) is 31.3 Å². The van der Waals surface area contributed by atoms with Gasteiger partial charge in [-0.05, 0) is 31.9 Å². The van der Waals surface area contributed by atoms with Crippen LogP contribution < -0.4 is 5.73 Å². The largest absolute Gasteiger partial charge is 0.395 e. The van der Waals surface area contributed by atoms with Crippen LogP contribution in [0.3, 0.4) is 0 Å². The summed E-state index contributed by atoms with van der Waals surface area (Å²) in [6, 6.07) is 6.59. The van der Waals surface area contributed by atoms with Crippen LogP contribution in [0.15, 0.2) is 24.4 Å². The molecule has 1 heterocycles. The van der Waals surface area contributed by atoms with Crippen molar-refractivity contribution in [1.29, 1.82) is 0 Å². The Labute approximate surface area is 122 Å². The first-order valence-corrected chi connectivity index (χ1v) is 7.77. The third kappa shape index (κ3) is 3.78. The number of rotatable bonds is 6. The van der Waals surface area contributed by atoms with Gasteiger partial charge in [-0.3, -0.25) is 9.88 Å². The minimum atomic E-state index is -0.00150. The Bertz CT molecular complexity index is 377. The van der Waals surface area contributed by atoms with E-state index in [1.54, 1.807) is 0 Å². The number of nitrogens with zero attached hydrogens (tertiary/aromatic N) is 2. The lowest BCUT2D eigenvalue weighted by Crippen LogP contribution is -2.47. The van der Waals surface area contributed by atoms with E-state index in [-0.39, 0.29) is 18.7 Å². The van der Waals surface area contributed by atoms with Gasteiger partial charge in [0.25, 0.3) is 0 Å². The first-order valence-electron chi connectivity index (χ1n) is 7.77. The van der Waals surface area contributed by atoms with E-state index in [2.05, 4.69) is 9.88 Å². The molecule has 2 atom stereocenters. The third-order valence-electron chi connectivity index (χ3n) is 4.25. The van der Waals surface area contributed by atoms with Crippen LogP contribution in [-0.4, -0.2) is 40.2 Å². The first-order chi connectivity index (χ1) is 9.74. The van der Waals surface area contributed by atoms with E-state index >= 15 is 0 Å². The summed E-state index contributed by atoms with van der Waals surface area (Å²) < 4.78 is 0. The average molecular weight is 277 g/mol. The molecule has 4 nitrogen and oxygen atoms in total. The van der Waals surface area contributed by atoms with Crippen molar-refractivity contribution in [1.82, 2.24) is 9.88 Å². The predicted octanol–water partition coefficient (Wildman–Crippen LogP) is 2.10. The Morgan fingerprint density at radius 3 is 2.65 bits per heavy atom. The SMILES string of the molecule is CC(N)C(c1ccccn1)N(CCO)C1CCCCC1. The molecular weight excluding hydrogens is 250 g/mol. The van der Waals surface area contributed by atoms with Gasteiger partial charge in [0, 0.05) is 24.8 Å². The van der Waals surface area contributed by atoms with Crippen LogP contribution in [0.2, 0.25) is 0 Å². The molecule has 3 N–H and O–H groups in total. The number of aliphatic hydroxyl groups excluding tert-OH is 1. The zero-order chi connectivity index (χ0) is 14.4. The van der Waals surface area contributed by atoms with Crippen molar-refractivity contribution >= 4 is 0 Å². The summed E-state index contributed by atoms with van der Waals surface area (Å²) in [5, 5.41) is 9.44. The molecule has 0 radical (unpaired) electrons. The monoisotopic (exact) mass is 277 g/mol. The summed E-state index contributed by atoms with van der Waals surface area (Å²) in [6.07, 6.45) is 8.12. The van der Waals surface area contributed by atoms with Gasteiger partial charge in [-0.25, -0.2) is 0 Å². The van der Waals surface area contributed by atoms with E-state index in [0.717, 1.165) is 5.69 Å². The molecule has 0 aliphatic heterocycles. The fourth-order valence-electron chi connectivity index (χ4n) is 3.37. The van der Waals surface area contributed by atoms with Crippen LogP contribution in [0.4, 0.5) is 0 Å². The highest BCUT2D eigenvalue weighted by Crippen LogP contribution is 2.30. The van der Waals surface area contributed by atoms with Gasteiger partial charge in [-0.1, -0.05) is 25.3 Å². The van der Waals surface area contributed by atoms with Crippen molar-refractivity contribution in [2.45, 2.75) is 57.2 Å². The Balaban J connectivity index is 2.22. The smallest absolute Gasteiger partial charge is 0.0674 e. The second-order valence-electron chi connectivity index (χ2n) is 5.81. The molecule has 20 heavy (non-hydrogen) atoms. The summed E-state index contributed by atoms with van der Waals surface area (Å²) in [7, 11) is 0. The Hall–Kier alpha value is -0.970. The van der Waals surface area contributed by atoms with Crippen LogP contribution in [0, 0.1) is 0 Å². The number of aliphatic hydroxyl groups is 1. The van der Waals surface area contributed by atoms with Gasteiger partial charge in [0.05, 0.1) is 18.3 Å². The molecule has 1 aliphatic rings. The average Bonchev–Trinajstić information content (AvgIpc) is 2.48.